The van der Waals surface area contributed by atoms with E-state index >= 15 is 0 Å². The van der Waals surface area contributed by atoms with E-state index in [9.17, 15) is 8.42 Å². The molecule has 19 heavy (non-hydrogen) atoms. The van der Waals surface area contributed by atoms with Crippen LogP contribution < -0.4 is 5.32 Å². The molecule has 2 heterocycles. The van der Waals surface area contributed by atoms with Gasteiger partial charge < -0.3 is 5.32 Å². The van der Waals surface area contributed by atoms with E-state index in [4.69, 9.17) is 11.6 Å². The number of halogens is 1. The predicted molar refractivity (Wildman–Crippen MR) is 80.7 cm³/mol. The third-order valence-electron chi connectivity index (χ3n) is 3.31. The second-order valence-corrected chi connectivity index (χ2v) is 8.91. The maximum absolute atomic E-state index is 11.5. The molecule has 0 aliphatic carbocycles. The number of nitrogens with one attached hydrogen (secondary N) is 1. The van der Waals surface area contributed by atoms with Crippen molar-refractivity contribution in [2.75, 3.05) is 31.1 Å². The van der Waals surface area contributed by atoms with Gasteiger partial charge in [0.25, 0.3) is 0 Å². The Bertz CT molecular complexity index is 516. The van der Waals surface area contributed by atoms with Crippen molar-refractivity contribution in [3.05, 3.63) is 21.3 Å². The highest BCUT2D eigenvalue weighted by atomic mass is 35.5. The second-order valence-electron chi connectivity index (χ2n) is 4.88. The van der Waals surface area contributed by atoms with Gasteiger partial charge in [-0.25, -0.2) is 8.42 Å². The lowest BCUT2D eigenvalue weighted by molar-refractivity contribution is 0.227. The molecular weight excluding hydrogens is 304 g/mol. The summed E-state index contributed by atoms with van der Waals surface area (Å²) in [6, 6.07) is 4.05. The molecule has 4 nitrogen and oxygen atoms in total. The zero-order chi connectivity index (χ0) is 13.9. The fraction of sp³-hybridized carbons (Fsp3) is 0.667. The average Bonchev–Trinajstić information content (AvgIpc) is 2.72. The van der Waals surface area contributed by atoms with Gasteiger partial charge in [-0.15, -0.1) is 11.3 Å². The van der Waals surface area contributed by atoms with E-state index in [0.717, 1.165) is 24.0 Å². The number of thiophene rings is 1. The average molecular weight is 323 g/mol. The maximum atomic E-state index is 11.5. The van der Waals surface area contributed by atoms with Crippen molar-refractivity contribution in [1.29, 1.82) is 0 Å². The van der Waals surface area contributed by atoms with E-state index in [0.29, 0.717) is 6.54 Å². The van der Waals surface area contributed by atoms with Crippen LogP contribution in [0.1, 0.15) is 11.8 Å². The molecule has 0 amide bonds. The Morgan fingerprint density at radius 2 is 2.32 bits per heavy atom. The molecule has 1 aromatic heterocycles. The van der Waals surface area contributed by atoms with Crippen LogP contribution in [0.5, 0.6) is 0 Å². The zero-order valence-corrected chi connectivity index (χ0v) is 13.3. The molecule has 1 aliphatic rings. The monoisotopic (exact) mass is 322 g/mol. The van der Waals surface area contributed by atoms with Gasteiger partial charge in [-0.05, 0) is 19.1 Å². The molecule has 0 radical (unpaired) electrons. The van der Waals surface area contributed by atoms with Gasteiger partial charge >= 0.3 is 0 Å². The van der Waals surface area contributed by atoms with Crippen molar-refractivity contribution in [2.45, 2.75) is 19.5 Å². The number of sulfone groups is 1. The van der Waals surface area contributed by atoms with Gasteiger partial charge in [0.1, 0.15) is 0 Å². The summed E-state index contributed by atoms with van der Waals surface area (Å²) in [6.07, 6.45) is 0. The van der Waals surface area contributed by atoms with Crippen molar-refractivity contribution in [3.63, 3.8) is 0 Å². The Morgan fingerprint density at radius 1 is 1.53 bits per heavy atom. The molecule has 1 atom stereocenters. The van der Waals surface area contributed by atoms with Gasteiger partial charge in [-0.1, -0.05) is 11.6 Å². The number of hydrogen-bond donors (Lipinski definition) is 1. The summed E-state index contributed by atoms with van der Waals surface area (Å²) in [6.45, 7) is 5.19. The topological polar surface area (TPSA) is 49.4 Å². The van der Waals surface area contributed by atoms with E-state index in [1.807, 2.05) is 19.1 Å². The summed E-state index contributed by atoms with van der Waals surface area (Å²) in [5.74, 6) is 0.575. The van der Waals surface area contributed by atoms with Gasteiger partial charge in [0.15, 0.2) is 9.84 Å². The highest BCUT2D eigenvalue weighted by Gasteiger charge is 2.27. The minimum atomic E-state index is -2.81. The molecule has 0 aromatic carbocycles. The van der Waals surface area contributed by atoms with Crippen molar-refractivity contribution in [2.24, 2.45) is 0 Å². The van der Waals surface area contributed by atoms with E-state index in [-0.39, 0.29) is 17.5 Å². The van der Waals surface area contributed by atoms with Crippen LogP contribution in [0.2, 0.25) is 4.34 Å². The second kappa shape index (κ2) is 6.54. The SMILES string of the molecule is CC1CS(=O)(=O)CCN1CCNCc1ccc(Cl)s1. The van der Waals surface area contributed by atoms with Gasteiger partial charge in [0.05, 0.1) is 15.8 Å². The summed E-state index contributed by atoms with van der Waals surface area (Å²) in [5.41, 5.74) is 0. The van der Waals surface area contributed by atoms with Crippen LogP contribution in [-0.4, -0.2) is 50.5 Å². The zero-order valence-electron chi connectivity index (χ0n) is 10.9. The standard InChI is InChI=1S/C12H19ClN2O2S2/c1-10-9-19(16,17)7-6-15(10)5-4-14-8-11-2-3-12(13)18-11/h2-3,10,14H,4-9H2,1H3. The molecule has 0 bridgehead atoms. The molecule has 108 valence electrons. The molecule has 7 heteroatoms. The highest BCUT2D eigenvalue weighted by Crippen LogP contribution is 2.20. The predicted octanol–water partition coefficient (Wildman–Crippen LogP) is 1.61. The van der Waals surface area contributed by atoms with Crippen LogP contribution in [0.15, 0.2) is 12.1 Å². The third kappa shape index (κ3) is 4.72. The Morgan fingerprint density at radius 3 is 2.95 bits per heavy atom. The van der Waals surface area contributed by atoms with Crippen molar-refractivity contribution in [3.8, 4) is 0 Å². The van der Waals surface area contributed by atoms with Gasteiger partial charge in [-0.2, -0.15) is 0 Å². The molecular formula is C12H19ClN2O2S2. The van der Waals surface area contributed by atoms with Crippen LogP contribution in [0.3, 0.4) is 0 Å². The first-order chi connectivity index (χ1) is 8.96. The molecule has 0 saturated carbocycles. The minimum absolute atomic E-state index is 0.122. The largest absolute Gasteiger partial charge is 0.311 e. The first-order valence-electron chi connectivity index (χ1n) is 6.36. The van der Waals surface area contributed by atoms with E-state index in [2.05, 4.69) is 10.2 Å². The van der Waals surface area contributed by atoms with Crippen LogP contribution in [0.25, 0.3) is 0 Å². The Balaban J connectivity index is 1.69. The molecule has 1 unspecified atom stereocenters. The van der Waals surface area contributed by atoms with Gasteiger partial charge in [0, 0.05) is 37.1 Å². The molecule has 2 rings (SSSR count). The fourth-order valence-corrected chi connectivity index (χ4v) is 4.93. The lowest BCUT2D eigenvalue weighted by atomic mass is 10.3. The molecule has 1 saturated heterocycles. The lowest BCUT2D eigenvalue weighted by Crippen LogP contribution is -2.48. The van der Waals surface area contributed by atoms with Crippen molar-refractivity contribution >= 4 is 32.8 Å². The molecule has 0 spiro atoms. The van der Waals surface area contributed by atoms with E-state index in [1.165, 1.54) is 4.88 Å². The summed E-state index contributed by atoms with van der Waals surface area (Å²) >= 11 is 7.45. The first-order valence-corrected chi connectivity index (χ1v) is 9.37. The molecule has 1 N–H and O–H groups in total. The summed E-state index contributed by atoms with van der Waals surface area (Å²) < 4.78 is 23.8. The molecule has 1 fully saturated rings. The van der Waals surface area contributed by atoms with Gasteiger partial charge in [-0.3, -0.25) is 4.90 Å². The van der Waals surface area contributed by atoms with Gasteiger partial charge in [0.2, 0.25) is 0 Å². The molecule has 1 aliphatic heterocycles. The first kappa shape index (κ1) is 15.3. The Hall–Kier alpha value is -0.140. The fourth-order valence-electron chi connectivity index (χ4n) is 2.25. The van der Waals surface area contributed by atoms with Crippen molar-refractivity contribution < 1.29 is 8.42 Å². The normalized spacial score (nSPS) is 23.6. The number of nitrogens with zero attached hydrogens (tertiary/aromatic N) is 1. The highest BCUT2D eigenvalue weighted by molar-refractivity contribution is 7.91. The number of hydrogen-bond acceptors (Lipinski definition) is 5. The Kier molecular flexibility index (Phi) is 5.25. The van der Waals surface area contributed by atoms with Crippen LogP contribution >= 0.6 is 22.9 Å². The minimum Gasteiger partial charge on any atom is -0.311 e. The summed E-state index contributed by atoms with van der Waals surface area (Å²) in [5, 5.41) is 3.36. The number of rotatable bonds is 5. The summed E-state index contributed by atoms with van der Waals surface area (Å²) in [4.78, 5) is 3.45. The lowest BCUT2D eigenvalue weighted by Gasteiger charge is -2.33. The van der Waals surface area contributed by atoms with Crippen molar-refractivity contribution in [1.82, 2.24) is 10.2 Å². The van der Waals surface area contributed by atoms with E-state index in [1.54, 1.807) is 11.3 Å². The third-order valence-corrected chi connectivity index (χ3v) is 6.34. The summed E-state index contributed by atoms with van der Waals surface area (Å²) in [7, 11) is -2.81. The van der Waals surface area contributed by atoms with Crippen LogP contribution in [0, 0.1) is 0 Å². The van der Waals surface area contributed by atoms with Crippen LogP contribution in [-0.2, 0) is 16.4 Å². The Labute approximate surface area is 123 Å². The smallest absolute Gasteiger partial charge is 0.153 e. The van der Waals surface area contributed by atoms with E-state index < -0.39 is 9.84 Å². The maximum Gasteiger partial charge on any atom is 0.153 e. The van der Waals surface area contributed by atoms with Crippen LogP contribution in [0.4, 0.5) is 0 Å². The quantitative estimate of drug-likeness (QED) is 0.837. The molecule has 1 aromatic rings.